The van der Waals surface area contributed by atoms with E-state index >= 15 is 0 Å². The fraction of sp³-hybridized carbons (Fsp3) is 0.235. The maximum Gasteiger partial charge on any atom is 0.420 e. The van der Waals surface area contributed by atoms with E-state index in [2.05, 4.69) is 4.98 Å². The number of nitrogens with two attached hydrogens (primary N) is 1. The molecule has 0 spiro atoms. The highest BCUT2D eigenvalue weighted by Crippen LogP contribution is 2.34. The van der Waals surface area contributed by atoms with Crippen LogP contribution in [-0.4, -0.2) is 28.1 Å². The van der Waals surface area contributed by atoms with Crippen molar-refractivity contribution in [2.45, 2.75) is 25.7 Å². The number of aromatic nitrogens is 1. The minimum atomic E-state index is -4.50. The lowest BCUT2D eigenvalue weighted by Crippen LogP contribution is -2.42. The molecule has 0 unspecified atom stereocenters. The summed E-state index contributed by atoms with van der Waals surface area (Å²) in [5.41, 5.74) is 4.65. The first-order valence-electron chi connectivity index (χ1n) is 7.83. The molecule has 1 aromatic heterocycles. The highest BCUT2D eigenvalue weighted by molar-refractivity contribution is 5.95. The van der Waals surface area contributed by atoms with Gasteiger partial charge in [-0.3, -0.25) is 10.1 Å². The molecule has 4 N–H and O–H groups in total. The Balaban J connectivity index is 2.07. The van der Waals surface area contributed by atoms with Gasteiger partial charge in [0.05, 0.1) is 11.6 Å². The van der Waals surface area contributed by atoms with Gasteiger partial charge >= 0.3 is 12.3 Å². The van der Waals surface area contributed by atoms with Crippen molar-refractivity contribution in [3.05, 3.63) is 47.7 Å². The third kappa shape index (κ3) is 5.58. The molecule has 0 aliphatic rings. The Kier molecular flexibility index (Phi) is 6.41. The van der Waals surface area contributed by atoms with Gasteiger partial charge in [-0.25, -0.2) is 9.78 Å². The zero-order valence-electron chi connectivity index (χ0n) is 14.5. The molecule has 8 nitrogen and oxygen atoms in total. The normalized spacial score (nSPS) is 12.2. The van der Waals surface area contributed by atoms with E-state index in [1.54, 1.807) is 0 Å². The van der Waals surface area contributed by atoms with Gasteiger partial charge in [-0.1, -0.05) is 12.1 Å². The largest absolute Gasteiger partial charge is 0.501 e. The summed E-state index contributed by atoms with van der Waals surface area (Å²) in [6.07, 6.45) is -4.58. The first-order chi connectivity index (χ1) is 13.1. The summed E-state index contributed by atoms with van der Waals surface area (Å²) in [6.45, 7) is 1.05. The first kappa shape index (κ1) is 21.0. The highest BCUT2D eigenvalue weighted by atomic mass is 19.4. The molecule has 2 aromatic rings. The van der Waals surface area contributed by atoms with E-state index in [9.17, 15) is 27.9 Å². The highest BCUT2D eigenvalue weighted by Gasteiger charge is 2.30. The van der Waals surface area contributed by atoms with Crippen molar-refractivity contribution in [3.8, 4) is 17.4 Å². The Morgan fingerprint density at radius 1 is 1.32 bits per heavy atom. The van der Waals surface area contributed by atoms with Crippen molar-refractivity contribution in [1.82, 2.24) is 10.3 Å². The second-order valence-corrected chi connectivity index (χ2v) is 5.62. The number of halogens is 3. The van der Waals surface area contributed by atoms with Crippen LogP contribution in [0.3, 0.4) is 0 Å². The van der Waals surface area contributed by atoms with Gasteiger partial charge in [-0.05, 0) is 24.6 Å². The maximum atomic E-state index is 12.7. The number of carbonyl (C=O) groups excluding carboxylic acids is 2. The number of amides is 2. The summed E-state index contributed by atoms with van der Waals surface area (Å²) in [7, 11) is 0. The van der Waals surface area contributed by atoms with Crippen LogP contribution in [0.25, 0.3) is 0 Å². The number of hydrogen-bond donors (Lipinski definition) is 3. The van der Waals surface area contributed by atoms with Crippen molar-refractivity contribution < 1.29 is 37.3 Å². The van der Waals surface area contributed by atoms with Crippen LogP contribution >= 0.6 is 0 Å². The number of rotatable bonds is 5. The van der Waals surface area contributed by atoms with Crippen LogP contribution in [0.4, 0.5) is 18.0 Å². The number of carbonyl (C=O) groups is 2. The number of nitrogens with zero attached hydrogens (tertiary/aromatic N) is 1. The fourth-order valence-corrected chi connectivity index (χ4v) is 1.94. The molecule has 1 atom stereocenters. The molecule has 1 aromatic carbocycles. The fourth-order valence-electron chi connectivity index (χ4n) is 1.94. The zero-order valence-corrected chi connectivity index (χ0v) is 14.5. The minimum Gasteiger partial charge on any atom is -0.501 e. The number of hydrogen-bond acceptors (Lipinski definition) is 7. The third-order valence-electron chi connectivity index (χ3n) is 3.33. The van der Waals surface area contributed by atoms with Gasteiger partial charge in [0.2, 0.25) is 11.7 Å². The lowest BCUT2D eigenvalue weighted by Gasteiger charge is -2.12. The molecule has 2 amide bonds. The van der Waals surface area contributed by atoms with Gasteiger partial charge < -0.3 is 20.3 Å². The number of aromatic hydroxyl groups is 1. The number of alkyl halides is 3. The van der Waals surface area contributed by atoms with Crippen LogP contribution in [0.5, 0.6) is 17.4 Å². The monoisotopic (exact) mass is 399 g/mol. The quantitative estimate of drug-likeness (QED) is 0.705. The minimum absolute atomic E-state index is 0.186. The van der Waals surface area contributed by atoms with E-state index in [1.807, 2.05) is 5.32 Å². The average molecular weight is 399 g/mol. The van der Waals surface area contributed by atoms with Crippen LogP contribution in [0, 0.1) is 0 Å². The van der Waals surface area contributed by atoms with Crippen molar-refractivity contribution in [1.29, 1.82) is 0 Å². The van der Waals surface area contributed by atoms with Gasteiger partial charge in [0.15, 0.2) is 5.75 Å². The topological polar surface area (TPSA) is 124 Å². The Labute approximate surface area is 157 Å². The smallest absolute Gasteiger partial charge is 0.420 e. The van der Waals surface area contributed by atoms with Gasteiger partial charge in [0, 0.05) is 12.3 Å². The van der Waals surface area contributed by atoms with Crippen molar-refractivity contribution in [3.63, 3.8) is 0 Å². The molecule has 0 bridgehead atoms. The van der Waals surface area contributed by atoms with E-state index in [0.29, 0.717) is 0 Å². The molecule has 0 saturated heterocycles. The summed E-state index contributed by atoms with van der Waals surface area (Å²) >= 11 is 0. The van der Waals surface area contributed by atoms with Crippen LogP contribution in [0.15, 0.2) is 36.5 Å². The van der Waals surface area contributed by atoms with Gasteiger partial charge in [0.25, 0.3) is 5.88 Å². The van der Waals surface area contributed by atoms with E-state index in [-0.39, 0.29) is 17.9 Å². The van der Waals surface area contributed by atoms with Crippen LogP contribution in [-0.2, 0) is 17.6 Å². The van der Waals surface area contributed by atoms with Crippen molar-refractivity contribution in [2.24, 2.45) is 5.73 Å². The SMILES string of the molecule is C[C@H](N)C(=O)NC(=O)Oc1nccc(OCc2cccc(C(F)(F)F)c2)c1O. The number of imide groups is 1. The second kappa shape index (κ2) is 8.57. The molecule has 0 fully saturated rings. The van der Waals surface area contributed by atoms with Crippen molar-refractivity contribution >= 4 is 12.0 Å². The number of pyridine rings is 1. The lowest BCUT2D eigenvalue weighted by atomic mass is 10.1. The number of ether oxygens (including phenoxy) is 2. The van der Waals surface area contributed by atoms with E-state index < -0.39 is 41.4 Å². The molecular formula is C17H16F3N3O5. The maximum absolute atomic E-state index is 12.7. The Morgan fingerprint density at radius 2 is 2.04 bits per heavy atom. The summed E-state index contributed by atoms with van der Waals surface area (Å²) in [5, 5.41) is 11.9. The van der Waals surface area contributed by atoms with Crippen LogP contribution in [0.1, 0.15) is 18.1 Å². The molecule has 0 aliphatic carbocycles. The second-order valence-electron chi connectivity index (χ2n) is 5.62. The molecule has 11 heteroatoms. The molecule has 28 heavy (non-hydrogen) atoms. The Morgan fingerprint density at radius 3 is 2.68 bits per heavy atom. The third-order valence-corrected chi connectivity index (χ3v) is 3.33. The molecule has 2 rings (SSSR count). The van der Waals surface area contributed by atoms with Gasteiger partial charge in [0.1, 0.15) is 6.61 Å². The Hall–Kier alpha value is -3.34. The predicted octanol–water partition coefficient (Wildman–Crippen LogP) is 2.35. The zero-order chi connectivity index (χ0) is 20.9. The summed E-state index contributed by atoms with van der Waals surface area (Å²) in [4.78, 5) is 26.5. The van der Waals surface area contributed by atoms with E-state index in [0.717, 1.165) is 18.3 Å². The summed E-state index contributed by atoms with van der Waals surface area (Å²) in [5.74, 6) is -2.22. The van der Waals surface area contributed by atoms with Crippen LogP contribution < -0.4 is 20.5 Å². The Bertz CT molecular complexity index is 871. The van der Waals surface area contributed by atoms with E-state index in [4.69, 9.17) is 15.2 Å². The molecular weight excluding hydrogens is 383 g/mol. The van der Waals surface area contributed by atoms with Gasteiger partial charge in [-0.2, -0.15) is 13.2 Å². The molecule has 0 radical (unpaired) electrons. The van der Waals surface area contributed by atoms with Crippen molar-refractivity contribution in [2.75, 3.05) is 0 Å². The summed E-state index contributed by atoms with van der Waals surface area (Å²) in [6, 6.07) is 4.72. The predicted molar refractivity (Wildman–Crippen MR) is 89.5 cm³/mol. The molecule has 0 saturated carbocycles. The van der Waals surface area contributed by atoms with Gasteiger partial charge in [-0.15, -0.1) is 0 Å². The number of nitrogens with one attached hydrogen (secondary N) is 1. The molecule has 150 valence electrons. The average Bonchev–Trinajstić information content (AvgIpc) is 2.61. The number of benzene rings is 1. The first-order valence-corrected chi connectivity index (χ1v) is 7.83. The standard InChI is InChI=1S/C17H16F3N3O5/c1-9(21)14(25)23-16(26)28-15-13(24)12(5-6-22-15)27-8-10-3-2-4-11(7-10)17(18,19)20/h2-7,9,24H,8,21H2,1H3,(H,23,25,26)/t9-/m0/s1. The molecule has 1 heterocycles. The summed E-state index contributed by atoms with van der Waals surface area (Å²) < 4.78 is 48.2. The van der Waals surface area contributed by atoms with E-state index in [1.165, 1.54) is 25.1 Å². The lowest BCUT2D eigenvalue weighted by molar-refractivity contribution is -0.137. The molecule has 0 aliphatic heterocycles. The van der Waals surface area contributed by atoms with Crippen LogP contribution in [0.2, 0.25) is 0 Å².